The normalized spacial score (nSPS) is 22.4. The van der Waals surface area contributed by atoms with Gasteiger partial charge in [-0.25, -0.2) is 0 Å². The number of halogens is 1. The summed E-state index contributed by atoms with van der Waals surface area (Å²) in [5, 5.41) is 3.63. The Kier molecular flexibility index (Phi) is 5.11. The van der Waals surface area contributed by atoms with Crippen LogP contribution in [0.2, 0.25) is 5.02 Å². The summed E-state index contributed by atoms with van der Waals surface area (Å²) in [6.45, 7) is 0. The van der Waals surface area contributed by atoms with Crippen LogP contribution in [0.15, 0.2) is 64.7 Å². The van der Waals surface area contributed by atoms with Crippen molar-refractivity contribution in [1.29, 1.82) is 0 Å². The zero-order valence-corrected chi connectivity index (χ0v) is 16.6. The minimum absolute atomic E-state index is 0.00265. The average molecular weight is 398 g/mol. The quantitative estimate of drug-likeness (QED) is 0.736. The molecule has 5 heteroatoms. The van der Waals surface area contributed by atoms with Gasteiger partial charge in [0.15, 0.2) is 5.78 Å². The van der Waals surface area contributed by atoms with E-state index in [1.807, 2.05) is 54.8 Å². The molecule has 0 radical (unpaired) electrons. The molecule has 1 heterocycles. The van der Waals surface area contributed by atoms with Gasteiger partial charge in [0, 0.05) is 39.9 Å². The van der Waals surface area contributed by atoms with Gasteiger partial charge < -0.3 is 5.32 Å². The number of ketones is 1. The van der Waals surface area contributed by atoms with Crippen molar-refractivity contribution in [2.24, 2.45) is 0 Å². The fraction of sp³-hybridized carbons (Fsp3) is 0.273. The van der Waals surface area contributed by atoms with Crippen LogP contribution >= 0.6 is 23.4 Å². The first-order chi connectivity index (χ1) is 13.1. The van der Waals surface area contributed by atoms with Crippen molar-refractivity contribution >= 4 is 35.1 Å². The monoisotopic (exact) mass is 397 g/mol. The van der Waals surface area contributed by atoms with E-state index in [-0.39, 0.29) is 23.5 Å². The predicted octanol–water partition coefficient (Wildman–Crippen LogP) is 5.07. The van der Waals surface area contributed by atoms with Crippen molar-refractivity contribution in [3.05, 3.63) is 76.0 Å². The fourth-order valence-electron chi connectivity index (χ4n) is 4.11. The molecule has 0 saturated heterocycles. The summed E-state index contributed by atoms with van der Waals surface area (Å²) in [5.41, 5.74) is 3.54. The molecule has 0 unspecified atom stereocenters. The molecule has 0 aromatic heterocycles. The summed E-state index contributed by atoms with van der Waals surface area (Å²) in [7, 11) is 0. The zero-order valence-electron chi connectivity index (χ0n) is 15.0. The number of allylic oxidation sites excluding steroid dienone is 2. The molecule has 2 atom stereocenters. The third-order valence-electron chi connectivity index (χ3n) is 5.40. The Morgan fingerprint density at radius 1 is 1.00 bits per heavy atom. The number of Topliss-reactive ketones (excluding diaryl/α,β-unsaturated/α-hetero) is 1. The highest BCUT2D eigenvalue weighted by Crippen LogP contribution is 2.43. The predicted molar refractivity (Wildman–Crippen MR) is 109 cm³/mol. The SMILES string of the molecule is CSc1ccc([C@@H]2CC(=O)NC3=C2C(=O)C[C@@H](c2ccccc2Cl)C3)cc1. The highest BCUT2D eigenvalue weighted by molar-refractivity contribution is 7.98. The maximum absolute atomic E-state index is 13.1. The van der Waals surface area contributed by atoms with Gasteiger partial charge in [0.2, 0.25) is 5.91 Å². The number of rotatable bonds is 3. The van der Waals surface area contributed by atoms with E-state index in [4.69, 9.17) is 11.6 Å². The molecule has 27 heavy (non-hydrogen) atoms. The molecule has 0 bridgehead atoms. The van der Waals surface area contributed by atoms with E-state index in [1.165, 1.54) is 4.90 Å². The van der Waals surface area contributed by atoms with Crippen molar-refractivity contribution in [3.63, 3.8) is 0 Å². The molecule has 1 aliphatic carbocycles. The van der Waals surface area contributed by atoms with Gasteiger partial charge in [0.1, 0.15) is 0 Å². The molecule has 3 nitrogen and oxygen atoms in total. The largest absolute Gasteiger partial charge is 0.329 e. The number of carbonyl (C=O) groups is 2. The van der Waals surface area contributed by atoms with Gasteiger partial charge in [-0.1, -0.05) is 41.9 Å². The molecule has 138 valence electrons. The summed E-state index contributed by atoms with van der Waals surface area (Å²) >= 11 is 8.02. The summed E-state index contributed by atoms with van der Waals surface area (Å²) in [6.07, 6.45) is 3.41. The van der Waals surface area contributed by atoms with E-state index in [0.29, 0.717) is 24.3 Å². The maximum Gasteiger partial charge on any atom is 0.225 e. The first kappa shape index (κ1) is 18.3. The molecule has 1 N–H and O–H groups in total. The number of hydrogen-bond acceptors (Lipinski definition) is 3. The molecule has 2 aromatic rings. The lowest BCUT2D eigenvalue weighted by atomic mass is 9.73. The second-order valence-electron chi connectivity index (χ2n) is 7.02. The van der Waals surface area contributed by atoms with Crippen LogP contribution in [0, 0.1) is 0 Å². The lowest BCUT2D eigenvalue weighted by Gasteiger charge is -2.34. The van der Waals surface area contributed by atoms with Crippen molar-refractivity contribution in [2.45, 2.75) is 36.0 Å². The highest BCUT2D eigenvalue weighted by atomic mass is 35.5. The van der Waals surface area contributed by atoms with Crippen molar-refractivity contribution < 1.29 is 9.59 Å². The summed E-state index contributed by atoms with van der Waals surface area (Å²) in [4.78, 5) is 26.6. The molecule has 2 aliphatic rings. The van der Waals surface area contributed by atoms with E-state index < -0.39 is 0 Å². The minimum atomic E-state index is -0.163. The highest BCUT2D eigenvalue weighted by Gasteiger charge is 2.38. The lowest BCUT2D eigenvalue weighted by Crippen LogP contribution is -2.38. The lowest BCUT2D eigenvalue weighted by molar-refractivity contribution is -0.122. The third kappa shape index (κ3) is 3.56. The van der Waals surface area contributed by atoms with Crippen LogP contribution in [0.5, 0.6) is 0 Å². The van der Waals surface area contributed by atoms with Crippen LogP contribution in [-0.4, -0.2) is 17.9 Å². The fourth-order valence-corrected chi connectivity index (χ4v) is 4.81. The Labute approximate surface area is 168 Å². The van der Waals surface area contributed by atoms with Gasteiger partial charge in [0.05, 0.1) is 0 Å². The molecule has 0 saturated carbocycles. The Hall–Kier alpha value is -2.04. The van der Waals surface area contributed by atoms with Crippen molar-refractivity contribution in [3.8, 4) is 0 Å². The van der Waals surface area contributed by atoms with Crippen LogP contribution in [0.4, 0.5) is 0 Å². The Balaban J connectivity index is 1.70. The molecule has 1 aliphatic heterocycles. The third-order valence-corrected chi connectivity index (χ3v) is 6.49. The maximum atomic E-state index is 13.1. The molecule has 2 aromatic carbocycles. The number of hydrogen-bond donors (Lipinski definition) is 1. The molecular formula is C22H20ClNO2S. The molecular weight excluding hydrogens is 378 g/mol. The molecule has 0 spiro atoms. The molecule has 1 amide bonds. The second kappa shape index (κ2) is 7.53. The first-order valence-corrected chi connectivity index (χ1v) is 10.6. The summed E-state index contributed by atoms with van der Waals surface area (Å²) in [5.74, 6) is -0.0763. The van der Waals surface area contributed by atoms with E-state index in [2.05, 4.69) is 5.32 Å². The van der Waals surface area contributed by atoms with E-state index >= 15 is 0 Å². The van der Waals surface area contributed by atoms with Crippen LogP contribution in [-0.2, 0) is 9.59 Å². The second-order valence-corrected chi connectivity index (χ2v) is 8.31. The first-order valence-electron chi connectivity index (χ1n) is 9.01. The van der Waals surface area contributed by atoms with Gasteiger partial charge in [-0.2, -0.15) is 0 Å². The number of thioether (sulfide) groups is 1. The Morgan fingerprint density at radius 2 is 1.74 bits per heavy atom. The van der Waals surface area contributed by atoms with Gasteiger partial charge in [-0.15, -0.1) is 11.8 Å². The number of carbonyl (C=O) groups excluding carboxylic acids is 2. The van der Waals surface area contributed by atoms with Crippen LogP contribution in [0.1, 0.15) is 42.2 Å². The average Bonchev–Trinajstić information content (AvgIpc) is 2.67. The van der Waals surface area contributed by atoms with Crippen molar-refractivity contribution in [1.82, 2.24) is 5.32 Å². The van der Waals surface area contributed by atoms with Crippen LogP contribution in [0.3, 0.4) is 0 Å². The van der Waals surface area contributed by atoms with E-state index in [0.717, 1.165) is 22.4 Å². The zero-order chi connectivity index (χ0) is 19.0. The Bertz CT molecular complexity index is 936. The van der Waals surface area contributed by atoms with Gasteiger partial charge >= 0.3 is 0 Å². The summed E-state index contributed by atoms with van der Waals surface area (Å²) < 4.78 is 0. The smallest absolute Gasteiger partial charge is 0.225 e. The summed E-state index contributed by atoms with van der Waals surface area (Å²) in [6, 6.07) is 15.8. The standard InChI is InChI=1S/C22H20ClNO2S/c1-27-15-8-6-13(7-9-15)17-12-21(26)24-19-10-14(11-20(25)22(17)19)16-4-2-3-5-18(16)23/h2-9,14,17H,10-12H2,1H3,(H,24,26)/t14-,17-/m0/s1. The minimum Gasteiger partial charge on any atom is -0.329 e. The van der Waals surface area contributed by atoms with E-state index in [9.17, 15) is 9.59 Å². The van der Waals surface area contributed by atoms with E-state index in [1.54, 1.807) is 11.8 Å². The Morgan fingerprint density at radius 3 is 2.44 bits per heavy atom. The van der Waals surface area contributed by atoms with Crippen molar-refractivity contribution in [2.75, 3.05) is 6.26 Å². The molecule has 0 fully saturated rings. The molecule has 4 rings (SSSR count). The topological polar surface area (TPSA) is 46.2 Å². The van der Waals surface area contributed by atoms with Crippen LogP contribution < -0.4 is 5.32 Å². The number of nitrogens with one attached hydrogen (secondary N) is 1. The van der Waals surface area contributed by atoms with Crippen LogP contribution in [0.25, 0.3) is 0 Å². The number of amides is 1. The van der Waals surface area contributed by atoms with Gasteiger partial charge in [-0.05, 0) is 47.9 Å². The van der Waals surface area contributed by atoms with Gasteiger partial charge in [-0.3, -0.25) is 9.59 Å². The van der Waals surface area contributed by atoms with Gasteiger partial charge in [0.25, 0.3) is 0 Å². The number of benzene rings is 2.